The minimum atomic E-state index is -0.917. The summed E-state index contributed by atoms with van der Waals surface area (Å²) in [6.07, 6.45) is 6.14. The van der Waals surface area contributed by atoms with E-state index < -0.39 is 23.7 Å². The van der Waals surface area contributed by atoms with Crippen LogP contribution in [-0.4, -0.2) is 40.3 Å². The lowest BCUT2D eigenvalue weighted by Crippen LogP contribution is -2.43. The fourth-order valence-corrected chi connectivity index (χ4v) is 3.57. The van der Waals surface area contributed by atoms with Crippen molar-refractivity contribution in [2.24, 2.45) is 11.8 Å². The SMILES string of the molecule is CC(C)(C)OC(=O)N1C[C@@H](C2CCCCC2)CC1C(=O)O. The molecule has 0 radical (unpaired) electrons. The highest BCUT2D eigenvalue weighted by atomic mass is 16.6. The number of likely N-dealkylation sites (tertiary alicyclic amines) is 1. The molecule has 0 spiro atoms. The third kappa shape index (κ3) is 4.11. The van der Waals surface area contributed by atoms with E-state index in [1.165, 1.54) is 37.0 Å². The van der Waals surface area contributed by atoms with Crippen LogP contribution in [0.1, 0.15) is 59.3 Å². The first kappa shape index (κ1) is 16.1. The first-order valence-electron chi connectivity index (χ1n) is 8.00. The molecule has 1 unspecified atom stereocenters. The third-order valence-electron chi connectivity index (χ3n) is 4.56. The second-order valence-electron chi connectivity index (χ2n) is 7.38. The summed E-state index contributed by atoms with van der Waals surface area (Å²) in [7, 11) is 0. The fraction of sp³-hybridized carbons (Fsp3) is 0.875. The Morgan fingerprint density at radius 3 is 2.24 bits per heavy atom. The summed E-state index contributed by atoms with van der Waals surface area (Å²) in [6.45, 7) is 5.93. The Kier molecular flexibility index (Phi) is 4.79. The normalized spacial score (nSPS) is 27.7. The van der Waals surface area contributed by atoms with Crippen LogP contribution in [0.3, 0.4) is 0 Å². The van der Waals surface area contributed by atoms with E-state index in [9.17, 15) is 14.7 Å². The molecule has 0 aromatic rings. The van der Waals surface area contributed by atoms with Gasteiger partial charge in [-0.15, -0.1) is 0 Å². The molecule has 2 rings (SSSR count). The van der Waals surface area contributed by atoms with Gasteiger partial charge >= 0.3 is 12.1 Å². The maximum absolute atomic E-state index is 12.2. The van der Waals surface area contributed by atoms with Crippen LogP contribution in [0, 0.1) is 11.8 Å². The topological polar surface area (TPSA) is 66.8 Å². The molecule has 1 aliphatic heterocycles. The minimum absolute atomic E-state index is 0.305. The quantitative estimate of drug-likeness (QED) is 0.849. The molecule has 0 aromatic carbocycles. The summed E-state index contributed by atoms with van der Waals surface area (Å²) in [6, 6.07) is -0.730. The molecule has 1 amide bonds. The predicted molar refractivity (Wildman–Crippen MR) is 79.0 cm³/mol. The molecular formula is C16H27NO4. The van der Waals surface area contributed by atoms with Crippen molar-refractivity contribution in [3.8, 4) is 0 Å². The lowest BCUT2D eigenvalue weighted by molar-refractivity contribution is -0.142. The Morgan fingerprint density at radius 2 is 1.71 bits per heavy atom. The van der Waals surface area contributed by atoms with Gasteiger partial charge in [0.1, 0.15) is 11.6 Å². The molecule has 21 heavy (non-hydrogen) atoms. The number of carbonyl (C=O) groups is 2. The molecule has 0 bridgehead atoms. The number of aliphatic carboxylic acids is 1. The molecule has 5 heteroatoms. The average molecular weight is 297 g/mol. The third-order valence-corrected chi connectivity index (χ3v) is 4.56. The monoisotopic (exact) mass is 297 g/mol. The Hall–Kier alpha value is -1.26. The zero-order valence-electron chi connectivity index (χ0n) is 13.3. The maximum Gasteiger partial charge on any atom is 0.411 e. The lowest BCUT2D eigenvalue weighted by Gasteiger charge is -2.28. The van der Waals surface area contributed by atoms with E-state index >= 15 is 0 Å². The van der Waals surface area contributed by atoms with E-state index in [1.807, 2.05) is 0 Å². The van der Waals surface area contributed by atoms with E-state index in [2.05, 4.69) is 0 Å². The minimum Gasteiger partial charge on any atom is -0.480 e. The lowest BCUT2D eigenvalue weighted by atomic mass is 9.79. The van der Waals surface area contributed by atoms with Crippen molar-refractivity contribution >= 4 is 12.1 Å². The summed E-state index contributed by atoms with van der Waals surface area (Å²) in [4.78, 5) is 25.1. The van der Waals surface area contributed by atoms with Gasteiger partial charge < -0.3 is 9.84 Å². The first-order chi connectivity index (χ1) is 9.78. The average Bonchev–Trinajstić information content (AvgIpc) is 2.83. The zero-order chi connectivity index (χ0) is 15.6. The highest BCUT2D eigenvalue weighted by Crippen LogP contribution is 2.38. The molecule has 1 saturated carbocycles. The van der Waals surface area contributed by atoms with Gasteiger partial charge in [0, 0.05) is 6.54 Å². The fourth-order valence-electron chi connectivity index (χ4n) is 3.57. The molecule has 2 fully saturated rings. The number of ether oxygens (including phenoxy) is 1. The Morgan fingerprint density at radius 1 is 1.10 bits per heavy atom. The number of carboxylic acid groups (broad SMARTS) is 1. The van der Waals surface area contributed by atoms with Gasteiger partial charge in [-0.05, 0) is 39.0 Å². The molecule has 2 atom stereocenters. The number of nitrogens with zero attached hydrogens (tertiary/aromatic N) is 1. The van der Waals surface area contributed by atoms with Gasteiger partial charge in [-0.25, -0.2) is 9.59 Å². The second-order valence-corrected chi connectivity index (χ2v) is 7.38. The summed E-state index contributed by atoms with van der Waals surface area (Å²) < 4.78 is 5.36. The van der Waals surface area contributed by atoms with E-state index in [1.54, 1.807) is 20.8 Å². The van der Waals surface area contributed by atoms with Crippen molar-refractivity contribution in [2.75, 3.05) is 6.54 Å². The van der Waals surface area contributed by atoms with Crippen molar-refractivity contribution in [3.05, 3.63) is 0 Å². The molecule has 0 aromatic heterocycles. The van der Waals surface area contributed by atoms with Crippen molar-refractivity contribution in [2.45, 2.75) is 70.9 Å². The largest absolute Gasteiger partial charge is 0.480 e. The van der Waals surface area contributed by atoms with Crippen LogP contribution < -0.4 is 0 Å². The highest BCUT2D eigenvalue weighted by Gasteiger charge is 2.43. The van der Waals surface area contributed by atoms with Crippen molar-refractivity contribution in [1.29, 1.82) is 0 Å². The van der Waals surface area contributed by atoms with E-state index in [0.29, 0.717) is 24.8 Å². The predicted octanol–water partition coefficient (Wildman–Crippen LogP) is 3.28. The first-order valence-corrected chi connectivity index (χ1v) is 8.00. The van der Waals surface area contributed by atoms with Gasteiger partial charge in [-0.2, -0.15) is 0 Å². The molecule has 2 aliphatic rings. The summed E-state index contributed by atoms with van der Waals surface area (Å²) in [5.74, 6) is -0.0499. The molecular weight excluding hydrogens is 270 g/mol. The van der Waals surface area contributed by atoms with Gasteiger partial charge in [0.25, 0.3) is 0 Å². The van der Waals surface area contributed by atoms with Gasteiger partial charge in [0.05, 0.1) is 0 Å². The Labute approximate surface area is 126 Å². The smallest absolute Gasteiger partial charge is 0.411 e. The van der Waals surface area contributed by atoms with E-state index in [4.69, 9.17) is 4.74 Å². The number of carboxylic acids is 1. The van der Waals surface area contributed by atoms with Gasteiger partial charge in [-0.1, -0.05) is 32.1 Å². The van der Waals surface area contributed by atoms with Crippen LogP contribution in [0.2, 0.25) is 0 Å². The summed E-state index contributed by atoms with van der Waals surface area (Å²) in [5, 5.41) is 9.40. The Balaban J connectivity index is 2.04. The van der Waals surface area contributed by atoms with Crippen molar-refractivity contribution < 1.29 is 19.4 Å². The highest BCUT2D eigenvalue weighted by molar-refractivity contribution is 5.81. The number of carbonyl (C=O) groups excluding carboxylic acids is 1. The summed E-state index contributed by atoms with van der Waals surface area (Å²) in [5.41, 5.74) is -0.594. The molecule has 1 aliphatic carbocycles. The number of amides is 1. The zero-order valence-corrected chi connectivity index (χ0v) is 13.3. The van der Waals surface area contributed by atoms with Gasteiger partial charge in [0.15, 0.2) is 0 Å². The number of hydrogen-bond donors (Lipinski definition) is 1. The molecule has 5 nitrogen and oxygen atoms in total. The van der Waals surface area contributed by atoms with E-state index in [0.717, 1.165) is 0 Å². The molecule has 1 heterocycles. The number of hydrogen-bond acceptors (Lipinski definition) is 3. The van der Waals surface area contributed by atoms with Gasteiger partial charge in [-0.3, -0.25) is 4.90 Å². The number of rotatable bonds is 2. The molecule has 1 saturated heterocycles. The van der Waals surface area contributed by atoms with Crippen LogP contribution in [-0.2, 0) is 9.53 Å². The van der Waals surface area contributed by atoms with Crippen LogP contribution in [0.4, 0.5) is 4.79 Å². The Bertz CT molecular complexity index is 396. The van der Waals surface area contributed by atoms with Crippen LogP contribution in [0.5, 0.6) is 0 Å². The van der Waals surface area contributed by atoms with Crippen LogP contribution >= 0.6 is 0 Å². The van der Waals surface area contributed by atoms with Gasteiger partial charge in [0.2, 0.25) is 0 Å². The maximum atomic E-state index is 12.2. The van der Waals surface area contributed by atoms with Crippen molar-refractivity contribution in [1.82, 2.24) is 4.90 Å². The summed E-state index contributed by atoms with van der Waals surface area (Å²) >= 11 is 0. The molecule has 120 valence electrons. The van der Waals surface area contributed by atoms with Crippen LogP contribution in [0.25, 0.3) is 0 Å². The van der Waals surface area contributed by atoms with Crippen molar-refractivity contribution in [3.63, 3.8) is 0 Å². The van der Waals surface area contributed by atoms with Crippen LogP contribution in [0.15, 0.2) is 0 Å². The second kappa shape index (κ2) is 6.24. The molecule has 1 N–H and O–H groups in total. The standard InChI is InChI=1S/C16H27NO4/c1-16(2,3)21-15(20)17-10-12(9-13(17)14(18)19)11-7-5-4-6-8-11/h11-13H,4-10H2,1-3H3,(H,18,19)/t12-,13?/m0/s1. The van der Waals surface area contributed by atoms with E-state index in [-0.39, 0.29) is 0 Å².